The number of aryl methyl sites for hydroxylation is 1. The highest BCUT2D eigenvalue weighted by molar-refractivity contribution is 6.62. The molecule has 2 aromatic rings. The number of hydrogen-bond donors (Lipinski definition) is 1. The Morgan fingerprint density at radius 2 is 1.56 bits per heavy atom. The first-order chi connectivity index (χ1) is 11.5. The molecule has 1 aromatic heterocycles. The monoisotopic (exact) mass is 339 g/mol. The molecule has 1 unspecified atom stereocenters. The SMILES string of the molecule is Cc1ccnc(C(C)(O)c2ccc(B3OC(C)(C)C(C)(C)O3)cc2)c1. The van der Waals surface area contributed by atoms with Gasteiger partial charge in [-0.1, -0.05) is 24.3 Å². The van der Waals surface area contributed by atoms with Crippen molar-refractivity contribution in [3.05, 3.63) is 59.4 Å². The van der Waals surface area contributed by atoms with Crippen molar-refractivity contribution in [2.24, 2.45) is 0 Å². The average Bonchev–Trinajstić information content (AvgIpc) is 2.75. The number of hydrogen-bond acceptors (Lipinski definition) is 4. The summed E-state index contributed by atoms with van der Waals surface area (Å²) in [5, 5.41) is 11.0. The smallest absolute Gasteiger partial charge is 0.399 e. The summed E-state index contributed by atoms with van der Waals surface area (Å²) in [4.78, 5) is 4.33. The van der Waals surface area contributed by atoms with Crippen molar-refractivity contribution >= 4 is 12.6 Å². The van der Waals surface area contributed by atoms with Crippen LogP contribution < -0.4 is 5.46 Å². The van der Waals surface area contributed by atoms with Gasteiger partial charge in [-0.05, 0) is 70.3 Å². The third-order valence-corrected chi connectivity index (χ3v) is 5.41. The molecule has 0 saturated carbocycles. The molecule has 1 N–H and O–H groups in total. The summed E-state index contributed by atoms with van der Waals surface area (Å²) in [6, 6.07) is 11.5. The van der Waals surface area contributed by atoms with Crippen LogP contribution in [0.15, 0.2) is 42.6 Å². The lowest BCUT2D eigenvalue weighted by Gasteiger charge is -2.32. The molecule has 0 amide bonds. The molecule has 1 aliphatic rings. The van der Waals surface area contributed by atoms with Crippen LogP contribution in [-0.4, -0.2) is 28.4 Å². The van der Waals surface area contributed by atoms with Gasteiger partial charge in [-0.3, -0.25) is 4.98 Å². The van der Waals surface area contributed by atoms with Crippen LogP contribution in [0, 0.1) is 6.92 Å². The highest BCUT2D eigenvalue weighted by atomic mass is 16.7. The van der Waals surface area contributed by atoms with Gasteiger partial charge in [-0.2, -0.15) is 0 Å². The summed E-state index contributed by atoms with van der Waals surface area (Å²) in [6.07, 6.45) is 1.72. The van der Waals surface area contributed by atoms with Crippen LogP contribution in [0.2, 0.25) is 0 Å². The maximum atomic E-state index is 11.0. The van der Waals surface area contributed by atoms with Crippen molar-refractivity contribution in [3.8, 4) is 0 Å². The summed E-state index contributed by atoms with van der Waals surface area (Å²) in [6.45, 7) is 11.9. The van der Waals surface area contributed by atoms with Gasteiger partial charge < -0.3 is 14.4 Å². The fourth-order valence-electron chi connectivity index (χ4n) is 2.89. The van der Waals surface area contributed by atoms with Crippen molar-refractivity contribution in [2.75, 3.05) is 0 Å². The molecule has 0 spiro atoms. The van der Waals surface area contributed by atoms with Crippen LogP contribution >= 0.6 is 0 Å². The fourth-order valence-corrected chi connectivity index (χ4v) is 2.89. The van der Waals surface area contributed by atoms with Crippen molar-refractivity contribution < 1.29 is 14.4 Å². The molecule has 4 nitrogen and oxygen atoms in total. The fraction of sp³-hybridized carbons (Fsp3) is 0.450. The highest BCUT2D eigenvalue weighted by Crippen LogP contribution is 2.36. The zero-order valence-electron chi connectivity index (χ0n) is 15.8. The van der Waals surface area contributed by atoms with E-state index in [0.717, 1.165) is 16.6 Å². The molecule has 0 aliphatic carbocycles. The van der Waals surface area contributed by atoms with E-state index in [0.29, 0.717) is 5.69 Å². The maximum absolute atomic E-state index is 11.0. The summed E-state index contributed by atoms with van der Waals surface area (Å²) < 4.78 is 12.2. The predicted octanol–water partition coefficient (Wildman–Crippen LogP) is 2.95. The van der Waals surface area contributed by atoms with Crippen LogP contribution in [0.5, 0.6) is 0 Å². The van der Waals surface area contributed by atoms with E-state index in [2.05, 4.69) is 4.98 Å². The van der Waals surface area contributed by atoms with Crippen molar-refractivity contribution in [2.45, 2.75) is 58.3 Å². The van der Waals surface area contributed by atoms with E-state index in [1.54, 1.807) is 13.1 Å². The molecule has 1 aromatic carbocycles. The van der Waals surface area contributed by atoms with Gasteiger partial charge in [-0.15, -0.1) is 0 Å². The van der Waals surface area contributed by atoms with Crippen molar-refractivity contribution in [3.63, 3.8) is 0 Å². The Morgan fingerprint density at radius 3 is 2.08 bits per heavy atom. The van der Waals surface area contributed by atoms with Crippen LogP contribution in [0.3, 0.4) is 0 Å². The summed E-state index contributed by atoms with van der Waals surface area (Å²) in [5.74, 6) is 0. The van der Waals surface area contributed by atoms with E-state index in [9.17, 15) is 5.11 Å². The molecular weight excluding hydrogens is 313 g/mol. The Hall–Kier alpha value is -1.69. The quantitative estimate of drug-likeness (QED) is 0.874. The maximum Gasteiger partial charge on any atom is 0.494 e. The number of benzene rings is 1. The predicted molar refractivity (Wildman–Crippen MR) is 99.8 cm³/mol. The number of nitrogens with zero attached hydrogens (tertiary/aromatic N) is 1. The minimum absolute atomic E-state index is 0.368. The largest absolute Gasteiger partial charge is 0.494 e. The molecule has 132 valence electrons. The van der Waals surface area contributed by atoms with E-state index in [4.69, 9.17) is 9.31 Å². The molecule has 1 aliphatic heterocycles. The summed E-state index contributed by atoms with van der Waals surface area (Å²) in [5.41, 5.74) is 1.54. The standard InChI is InChI=1S/C20H26BNO3/c1-14-11-12-22-17(13-14)20(6,23)15-7-9-16(10-8-15)21-24-18(2,3)19(4,5)25-21/h7-13,23H,1-6H3. The van der Waals surface area contributed by atoms with E-state index in [-0.39, 0.29) is 11.2 Å². The molecule has 1 atom stereocenters. The highest BCUT2D eigenvalue weighted by Gasteiger charge is 2.51. The lowest BCUT2D eigenvalue weighted by Crippen LogP contribution is -2.41. The third kappa shape index (κ3) is 3.24. The third-order valence-electron chi connectivity index (χ3n) is 5.41. The summed E-state index contributed by atoms with van der Waals surface area (Å²) in [7, 11) is -0.402. The second-order valence-corrected chi connectivity index (χ2v) is 8.00. The molecule has 2 heterocycles. The van der Waals surface area contributed by atoms with Crippen LogP contribution in [0.1, 0.15) is 51.4 Å². The molecule has 1 fully saturated rings. The van der Waals surface area contributed by atoms with Gasteiger partial charge in [0.2, 0.25) is 0 Å². The number of pyridine rings is 1. The van der Waals surface area contributed by atoms with Crippen molar-refractivity contribution in [1.82, 2.24) is 4.98 Å². The zero-order chi connectivity index (χ0) is 18.5. The van der Waals surface area contributed by atoms with E-state index in [1.165, 1.54) is 0 Å². The average molecular weight is 339 g/mol. The van der Waals surface area contributed by atoms with Gasteiger partial charge >= 0.3 is 7.12 Å². The number of aliphatic hydroxyl groups is 1. The molecule has 5 heteroatoms. The Morgan fingerprint density at radius 1 is 1.00 bits per heavy atom. The molecule has 1 saturated heterocycles. The van der Waals surface area contributed by atoms with Gasteiger partial charge in [0.25, 0.3) is 0 Å². The lowest BCUT2D eigenvalue weighted by atomic mass is 9.77. The minimum Gasteiger partial charge on any atom is -0.399 e. The van der Waals surface area contributed by atoms with Gasteiger partial charge in [0.1, 0.15) is 5.60 Å². The van der Waals surface area contributed by atoms with Gasteiger partial charge in [-0.25, -0.2) is 0 Å². The minimum atomic E-state index is -1.15. The van der Waals surface area contributed by atoms with Crippen LogP contribution in [0.4, 0.5) is 0 Å². The summed E-state index contributed by atoms with van der Waals surface area (Å²) >= 11 is 0. The zero-order valence-corrected chi connectivity index (χ0v) is 15.8. The van der Waals surface area contributed by atoms with E-state index < -0.39 is 12.7 Å². The van der Waals surface area contributed by atoms with Gasteiger partial charge in [0.05, 0.1) is 16.9 Å². The Labute approximate surface area is 150 Å². The molecule has 0 bridgehead atoms. The van der Waals surface area contributed by atoms with Gasteiger partial charge in [0, 0.05) is 6.20 Å². The van der Waals surface area contributed by atoms with Crippen LogP contribution in [0.25, 0.3) is 0 Å². The Bertz CT molecular complexity index is 753. The van der Waals surface area contributed by atoms with E-state index >= 15 is 0 Å². The molecule has 25 heavy (non-hydrogen) atoms. The number of aromatic nitrogens is 1. The molecular formula is C20H26BNO3. The van der Waals surface area contributed by atoms with Crippen LogP contribution in [-0.2, 0) is 14.9 Å². The lowest BCUT2D eigenvalue weighted by molar-refractivity contribution is 0.00578. The Balaban J connectivity index is 1.86. The van der Waals surface area contributed by atoms with E-state index in [1.807, 2.05) is 71.0 Å². The second-order valence-electron chi connectivity index (χ2n) is 8.00. The van der Waals surface area contributed by atoms with Crippen molar-refractivity contribution in [1.29, 1.82) is 0 Å². The topological polar surface area (TPSA) is 51.6 Å². The number of rotatable bonds is 3. The van der Waals surface area contributed by atoms with Gasteiger partial charge in [0.15, 0.2) is 0 Å². The second kappa shape index (κ2) is 5.94. The first-order valence-electron chi connectivity index (χ1n) is 8.64. The molecule has 0 radical (unpaired) electrons. The first kappa shape index (κ1) is 18.1. The normalized spacial score (nSPS) is 21.2. The first-order valence-corrected chi connectivity index (χ1v) is 8.64. The molecule has 3 rings (SSSR count). The Kier molecular flexibility index (Phi) is 4.30.